The monoisotopic (exact) mass is 266 g/mol. The Balaban J connectivity index is 1.99. The highest BCUT2D eigenvalue weighted by Crippen LogP contribution is 2.44. The number of hydrogen-bond donors (Lipinski definition) is 1. The molecule has 19 heavy (non-hydrogen) atoms. The Hall–Kier alpha value is -0.900. The van der Waals surface area contributed by atoms with Crippen molar-refractivity contribution < 1.29 is 9.59 Å². The van der Waals surface area contributed by atoms with Crippen LogP contribution in [0.2, 0.25) is 0 Å². The van der Waals surface area contributed by atoms with Gasteiger partial charge in [-0.05, 0) is 37.1 Å². The van der Waals surface area contributed by atoms with Gasteiger partial charge in [0.05, 0.1) is 11.8 Å². The van der Waals surface area contributed by atoms with Crippen LogP contribution in [0.5, 0.6) is 0 Å². The van der Waals surface area contributed by atoms with E-state index in [9.17, 15) is 9.59 Å². The highest BCUT2D eigenvalue weighted by molar-refractivity contribution is 6.05. The summed E-state index contributed by atoms with van der Waals surface area (Å²) in [6.07, 6.45) is 3.68. The number of carbonyl (C=O) groups excluding carboxylic acids is 2. The summed E-state index contributed by atoms with van der Waals surface area (Å²) < 4.78 is 0. The van der Waals surface area contributed by atoms with Gasteiger partial charge in [0.25, 0.3) is 0 Å². The second-order valence-corrected chi connectivity index (χ2v) is 6.91. The van der Waals surface area contributed by atoms with Crippen LogP contribution in [0.25, 0.3) is 0 Å². The van der Waals surface area contributed by atoms with Crippen LogP contribution in [0.1, 0.15) is 46.5 Å². The lowest BCUT2D eigenvalue weighted by molar-refractivity contribution is -0.140. The van der Waals surface area contributed by atoms with Crippen molar-refractivity contribution >= 4 is 11.8 Å². The van der Waals surface area contributed by atoms with Crippen LogP contribution in [0.3, 0.4) is 0 Å². The summed E-state index contributed by atoms with van der Waals surface area (Å²) in [5, 5.41) is 0. The fraction of sp³-hybridized carbons (Fsp3) is 0.867. The average molecular weight is 266 g/mol. The van der Waals surface area contributed by atoms with E-state index in [2.05, 4.69) is 20.8 Å². The first-order valence-corrected chi connectivity index (χ1v) is 7.45. The third-order valence-corrected chi connectivity index (χ3v) is 4.97. The van der Waals surface area contributed by atoms with E-state index in [1.165, 1.54) is 4.90 Å². The number of hydrogen-bond acceptors (Lipinski definition) is 3. The first-order valence-electron chi connectivity index (χ1n) is 7.45. The maximum atomic E-state index is 12.3. The van der Waals surface area contributed by atoms with Gasteiger partial charge in [0.2, 0.25) is 11.8 Å². The average Bonchev–Trinajstić information content (AvgIpc) is 2.89. The van der Waals surface area contributed by atoms with Crippen molar-refractivity contribution in [2.45, 2.75) is 46.5 Å². The molecule has 1 aliphatic carbocycles. The lowest BCUT2D eigenvalue weighted by Gasteiger charge is -2.25. The molecule has 1 heterocycles. The number of rotatable bonds is 5. The highest BCUT2D eigenvalue weighted by atomic mass is 16.2. The molecule has 2 unspecified atom stereocenters. The third-order valence-electron chi connectivity index (χ3n) is 4.97. The zero-order valence-electron chi connectivity index (χ0n) is 12.3. The number of likely N-dealkylation sites (tertiary alicyclic amines) is 1. The Morgan fingerprint density at radius 3 is 2.16 bits per heavy atom. The van der Waals surface area contributed by atoms with E-state index >= 15 is 0 Å². The van der Waals surface area contributed by atoms with Gasteiger partial charge in [0, 0.05) is 6.54 Å². The van der Waals surface area contributed by atoms with E-state index in [1.807, 2.05) is 0 Å². The molecule has 1 aliphatic heterocycles. The predicted octanol–water partition coefficient (Wildman–Crippen LogP) is 1.78. The van der Waals surface area contributed by atoms with Crippen molar-refractivity contribution in [2.75, 3.05) is 13.1 Å². The van der Waals surface area contributed by atoms with Crippen LogP contribution < -0.4 is 5.73 Å². The Morgan fingerprint density at radius 2 is 1.74 bits per heavy atom. The van der Waals surface area contributed by atoms with Crippen molar-refractivity contribution in [3.05, 3.63) is 0 Å². The van der Waals surface area contributed by atoms with E-state index < -0.39 is 0 Å². The minimum absolute atomic E-state index is 0.00971. The molecule has 1 saturated heterocycles. The summed E-state index contributed by atoms with van der Waals surface area (Å²) in [7, 11) is 0. The van der Waals surface area contributed by atoms with E-state index in [-0.39, 0.29) is 29.1 Å². The largest absolute Gasteiger partial charge is 0.330 e. The normalized spacial score (nSPS) is 31.2. The number of nitrogens with zero attached hydrogens (tertiary/aromatic N) is 1. The molecule has 0 aromatic heterocycles. The minimum Gasteiger partial charge on any atom is -0.330 e. The molecule has 2 atom stereocenters. The molecule has 0 spiro atoms. The Labute approximate surface area is 115 Å². The van der Waals surface area contributed by atoms with Gasteiger partial charge in [0.15, 0.2) is 0 Å². The third kappa shape index (κ3) is 2.69. The fourth-order valence-corrected chi connectivity index (χ4v) is 3.27. The zero-order chi connectivity index (χ0) is 14.2. The molecule has 0 aromatic rings. The van der Waals surface area contributed by atoms with Crippen LogP contribution >= 0.6 is 0 Å². The second kappa shape index (κ2) is 5.23. The van der Waals surface area contributed by atoms with Gasteiger partial charge in [-0.15, -0.1) is 0 Å². The van der Waals surface area contributed by atoms with Crippen molar-refractivity contribution in [1.29, 1.82) is 0 Å². The van der Waals surface area contributed by atoms with Gasteiger partial charge in [0.1, 0.15) is 0 Å². The molecule has 108 valence electrons. The molecular weight excluding hydrogens is 240 g/mol. The molecule has 1 saturated carbocycles. The molecule has 2 rings (SSSR count). The zero-order valence-corrected chi connectivity index (χ0v) is 12.3. The summed E-state index contributed by atoms with van der Waals surface area (Å²) in [6.45, 7) is 7.40. The quantitative estimate of drug-likeness (QED) is 0.772. The first kappa shape index (κ1) is 14.5. The van der Waals surface area contributed by atoms with Crippen LogP contribution in [-0.4, -0.2) is 29.8 Å². The summed E-state index contributed by atoms with van der Waals surface area (Å²) in [5.74, 6) is 0.639. The first-order chi connectivity index (χ1) is 8.89. The van der Waals surface area contributed by atoms with E-state index in [1.54, 1.807) is 0 Å². The van der Waals surface area contributed by atoms with Crippen LogP contribution in [-0.2, 0) is 9.59 Å². The number of imide groups is 1. The number of amides is 2. The van der Waals surface area contributed by atoms with Gasteiger partial charge < -0.3 is 5.73 Å². The summed E-state index contributed by atoms with van der Waals surface area (Å²) in [4.78, 5) is 26.2. The summed E-state index contributed by atoms with van der Waals surface area (Å²) in [6, 6.07) is 0. The molecule has 0 radical (unpaired) electrons. The minimum atomic E-state index is -0.0292. The van der Waals surface area contributed by atoms with Crippen molar-refractivity contribution in [3.63, 3.8) is 0 Å². The standard InChI is InChI=1S/C15H26N2O2/c1-4-10-7-11-12(8-10)14(19)17(13(11)18)6-5-15(2,3)9-16/h10-12H,4-9,16H2,1-3H3. The maximum Gasteiger partial charge on any atom is 0.233 e. The maximum absolute atomic E-state index is 12.3. The van der Waals surface area contributed by atoms with E-state index in [0.29, 0.717) is 19.0 Å². The van der Waals surface area contributed by atoms with Crippen molar-refractivity contribution in [2.24, 2.45) is 28.9 Å². The van der Waals surface area contributed by atoms with Crippen molar-refractivity contribution in [1.82, 2.24) is 4.90 Å². The van der Waals surface area contributed by atoms with E-state index in [0.717, 1.165) is 25.7 Å². The Kier molecular flexibility index (Phi) is 4.00. The van der Waals surface area contributed by atoms with E-state index in [4.69, 9.17) is 5.73 Å². The number of carbonyl (C=O) groups is 2. The molecular formula is C15H26N2O2. The smallest absolute Gasteiger partial charge is 0.233 e. The van der Waals surface area contributed by atoms with Gasteiger partial charge in [-0.25, -0.2) is 0 Å². The molecule has 2 amide bonds. The lowest BCUT2D eigenvalue weighted by Crippen LogP contribution is -2.36. The van der Waals surface area contributed by atoms with Crippen molar-refractivity contribution in [3.8, 4) is 0 Å². The SMILES string of the molecule is CCC1CC2C(=O)N(CCC(C)(C)CN)C(=O)C2C1. The molecule has 0 aromatic carbocycles. The number of nitrogens with two attached hydrogens (primary N) is 1. The van der Waals surface area contributed by atoms with Gasteiger partial charge in [-0.3, -0.25) is 14.5 Å². The van der Waals surface area contributed by atoms with Gasteiger partial charge in [-0.2, -0.15) is 0 Å². The number of fused-ring (bicyclic) bond motifs is 1. The highest BCUT2D eigenvalue weighted by Gasteiger charge is 2.52. The molecule has 2 N–H and O–H groups in total. The van der Waals surface area contributed by atoms with Crippen LogP contribution in [0.4, 0.5) is 0 Å². The topological polar surface area (TPSA) is 63.4 Å². The van der Waals surface area contributed by atoms with Crippen LogP contribution in [0.15, 0.2) is 0 Å². The lowest BCUT2D eigenvalue weighted by atomic mass is 9.89. The Morgan fingerprint density at radius 1 is 1.21 bits per heavy atom. The molecule has 2 fully saturated rings. The van der Waals surface area contributed by atoms with Gasteiger partial charge >= 0.3 is 0 Å². The fourth-order valence-electron chi connectivity index (χ4n) is 3.27. The van der Waals surface area contributed by atoms with Gasteiger partial charge in [-0.1, -0.05) is 27.2 Å². The molecule has 0 bridgehead atoms. The van der Waals surface area contributed by atoms with Crippen LogP contribution in [0, 0.1) is 23.2 Å². The predicted molar refractivity (Wildman–Crippen MR) is 74.2 cm³/mol. The summed E-state index contributed by atoms with van der Waals surface area (Å²) >= 11 is 0. The molecule has 4 nitrogen and oxygen atoms in total. The second-order valence-electron chi connectivity index (χ2n) is 6.91. The Bertz CT molecular complexity index is 354. The molecule has 4 heteroatoms. The molecule has 2 aliphatic rings. The summed E-state index contributed by atoms with van der Waals surface area (Å²) in [5.41, 5.74) is 5.69.